The molecule has 38 heavy (non-hydrogen) atoms. The number of phenols is 1. The molecular weight excluding hydrogens is 484 g/mol. The molecule has 0 saturated heterocycles. The summed E-state index contributed by atoms with van der Waals surface area (Å²) in [7, 11) is 1.29. The molecule has 1 N–H and O–H groups in total. The number of carbonyl (C=O) groups is 3. The highest BCUT2D eigenvalue weighted by molar-refractivity contribution is 6.00. The van der Waals surface area contributed by atoms with Gasteiger partial charge in [0.05, 0.1) is 24.7 Å². The summed E-state index contributed by atoms with van der Waals surface area (Å²) in [5, 5.41) is 11.2. The van der Waals surface area contributed by atoms with Gasteiger partial charge in [-0.3, -0.25) is 4.79 Å². The predicted molar refractivity (Wildman–Crippen MR) is 142 cm³/mol. The number of phenolic OH excluding ortho intramolecular Hbond substituents is 1. The highest BCUT2D eigenvalue weighted by Crippen LogP contribution is 2.50. The third-order valence-corrected chi connectivity index (χ3v) is 6.65. The first-order valence-corrected chi connectivity index (χ1v) is 12.8. The van der Waals surface area contributed by atoms with Gasteiger partial charge in [0.1, 0.15) is 17.1 Å². The standard InChI is InChI=1S/C31H32O7/c1-5-6-7-10-23-17-25(33)26(22-11-8-9-19(2)16-22)28-27(23)30(35)38-31(37-28,18-20(3)32)24-14-12-21(13-15-24)29(34)36-4/h8-9,11-17,33H,5-7,10,18H2,1-4H3. The first-order chi connectivity index (χ1) is 18.2. The van der Waals surface area contributed by atoms with Crippen LogP contribution in [0.1, 0.15) is 76.9 Å². The van der Waals surface area contributed by atoms with E-state index < -0.39 is 17.7 Å². The van der Waals surface area contributed by atoms with E-state index in [4.69, 9.17) is 14.2 Å². The summed E-state index contributed by atoms with van der Waals surface area (Å²) in [6.07, 6.45) is 3.09. The maximum Gasteiger partial charge on any atom is 0.345 e. The molecule has 3 aromatic carbocycles. The Balaban J connectivity index is 1.93. The van der Waals surface area contributed by atoms with E-state index in [1.165, 1.54) is 26.2 Å². The second-order valence-corrected chi connectivity index (χ2v) is 9.65. The molecule has 0 radical (unpaired) electrons. The second-order valence-electron chi connectivity index (χ2n) is 9.65. The molecule has 7 nitrogen and oxygen atoms in total. The maximum atomic E-state index is 13.7. The minimum atomic E-state index is -1.78. The molecule has 1 aliphatic rings. The number of rotatable bonds is 9. The number of Topliss-reactive ketones (excluding diaryl/α,β-unsaturated/α-hetero) is 1. The van der Waals surface area contributed by atoms with Crippen molar-refractivity contribution in [2.45, 2.75) is 58.7 Å². The Morgan fingerprint density at radius 1 is 1.00 bits per heavy atom. The van der Waals surface area contributed by atoms with Crippen LogP contribution in [0.25, 0.3) is 11.1 Å². The molecule has 0 amide bonds. The zero-order valence-corrected chi connectivity index (χ0v) is 22.1. The molecule has 0 saturated carbocycles. The normalized spacial score (nSPS) is 16.3. The Hall–Kier alpha value is -4.13. The summed E-state index contributed by atoms with van der Waals surface area (Å²) in [5.74, 6) is -3.04. The second kappa shape index (κ2) is 11.1. The number of carbonyl (C=O) groups excluding carboxylic acids is 3. The van der Waals surface area contributed by atoms with Crippen molar-refractivity contribution < 1.29 is 33.7 Å². The van der Waals surface area contributed by atoms with E-state index in [0.29, 0.717) is 34.2 Å². The Morgan fingerprint density at radius 2 is 1.74 bits per heavy atom. The summed E-state index contributed by atoms with van der Waals surface area (Å²) >= 11 is 0. The van der Waals surface area contributed by atoms with Crippen LogP contribution in [0.3, 0.4) is 0 Å². The van der Waals surface area contributed by atoms with Gasteiger partial charge in [-0.1, -0.05) is 61.7 Å². The van der Waals surface area contributed by atoms with Crippen LogP contribution in [-0.4, -0.2) is 29.9 Å². The van der Waals surface area contributed by atoms with Gasteiger partial charge in [-0.2, -0.15) is 0 Å². The van der Waals surface area contributed by atoms with Gasteiger partial charge in [-0.25, -0.2) is 9.59 Å². The lowest BCUT2D eigenvalue weighted by molar-refractivity contribution is -0.171. The van der Waals surface area contributed by atoms with E-state index in [9.17, 15) is 19.5 Å². The number of methoxy groups -OCH3 is 1. The zero-order valence-electron chi connectivity index (χ0n) is 22.1. The summed E-state index contributed by atoms with van der Waals surface area (Å²) in [6.45, 7) is 5.41. The molecule has 1 heterocycles. The van der Waals surface area contributed by atoms with Crippen molar-refractivity contribution in [1.82, 2.24) is 0 Å². The van der Waals surface area contributed by atoms with E-state index in [1.807, 2.05) is 31.2 Å². The summed E-state index contributed by atoms with van der Waals surface area (Å²) in [4.78, 5) is 38.1. The molecule has 0 aliphatic carbocycles. The summed E-state index contributed by atoms with van der Waals surface area (Å²) in [6, 6.07) is 15.3. The van der Waals surface area contributed by atoms with Gasteiger partial charge in [0.2, 0.25) is 0 Å². The van der Waals surface area contributed by atoms with Gasteiger partial charge in [0.25, 0.3) is 5.79 Å². The number of hydrogen-bond acceptors (Lipinski definition) is 7. The lowest BCUT2D eigenvalue weighted by atomic mass is 9.90. The van der Waals surface area contributed by atoms with E-state index in [1.54, 1.807) is 18.2 Å². The molecule has 0 aromatic heterocycles. The van der Waals surface area contributed by atoms with Crippen molar-refractivity contribution in [1.29, 1.82) is 0 Å². The van der Waals surface area contributed by atoms with Crippen molar-refractivity contribution in [3.8, 4) is 22.6 Å². The number of ketones is 1. The molecule has 0 fully saturated rings. The Kier molecular flexibility index (Phi) is 7.86. The minimum Gasteiger partial charge on any atom is -0.507 e. The number of aryl methyl sites for hydroxylation is 2. The van der Waals surface area contributed by atoms with Gasteiger partial charge in [-0.15, -0.1) is 0 Å². The summed E-state index contributed by atoms with van der Waals surface area (Å²) < 4.78 is 17.3. The van der Waals surface area contributed by atoms with Crippen LogP contribution < -0.4 is 4.74 Å². The molecule has 0 bridgehead atoms. The fraction of sp³-hybridized carbons (Fsp3) is 0.323. The van der Waals surface area contributed by atoms with Gasteiger partial charge >= 0.3 is 11.9 Å². The molecule has 198 valence electrons. The average Bonchev–Trinajstić information content (AvgIpc) is 2.87. The van der Waals surface area contributed by atoms with Crippen LogP contribution in [0.2, 0.25) is 0 Å². The highest BCUT2D eigenvalue weighted by Gasteiger charge is 2.47. The number of ether oxygens (including phenoxy) is 3. The van der Waals surface area contributed by atoms with Crippen molar-refractivity contribution in [3.05, 3.63) is 82.4 Å². The predicted octanol–water partition coefficient (Wildman–Crippen LogP) is 6.27. The third kappa shape index (κ3) is 5.28. The number of aromatic hydroxyl groups is 1. The van der Waals surface area contributed by atoms with Gasteiger partial charge in [-0.05, 0) is 56.0 Å². The number of unbranched alkanes of at least 4 members (excludes halogenated alkanes) is 2. The number of hydrogen-bond donors (Lipinski definition) is 1. The van der Waals surface area contributed by atoms with Gasteiger partial charge in [0, 0.05) is 5.56 Å². The molecule has 1 atom stereocenters. The Labute approximate surface area is 222 Å². The van der Waals surface area contributed by atoms with Gasteiger partial charge < -0.3 is 19.3 Å². The molecule has 4 rings (SSSR count). The zero-order chi connectivity index (χ0) is 27.4. The molecule has 1 aliphatic heterocycles. The number of cyclic esters (lactones) is 1. The highest BCUT2D eigenvalue weighted by atomic mass is 16.7. The number of benzene rings is 3. The molecule has 1 unspecified atom stereocenters. The SMILES string of the molecule is CCCCCc1cc(O)c(-c2cccc(C)c2)c2c1C(=O)OC(CC(C)=O)(c1ccc(C(=O)OC)cc1)O2. The fourth-order valence-electron chi connectivity index (χ4n) is 4.85. The van der Waals surface area contributed by atoms with E-state index in [2.05, 4.69) is 6.92 Å². The fourth-order valence-corrected chi connectivity index (χ4v) is 4.85. The van der Waals surface area contributed by atoms with Crippen molar-refractivity contribution in [3.63, 3.8) is 0 Å². The topological polar surface area (TPSA) is 99.1 Å². The largest absolute Gasteiger partial charge is 0.507 e. The Morgan fingerprint density at radius 3 is 2.37 bits per heavy atom. The maximum absolute atomic E-state index is 13.7. The molecule has 7 heteroatoms. The monoisotopic (exact) mass is 516 g/mol. The van der Waals surface area contributed by atoms with Crippen LogP contribution in [-0.2, 0) is 26.5 Å². The van der Waals surface area contributed by atoms with E-state index >= 15 is 0 Å². The van der Waals surface area contributed by atoms with E-state index in [-0.39, 0.29) is 29.3 Å². The van der Waals surface area contributed by atoms with Crippen LogP contribution in [0.5, 0.6) is 11.5 Å². The first kappa shape index (κ1) is 26.9. The molecule has 3 aromatic rings. The quantitative estimate of drug-likeness (QED) is 0.264. The van der Waals surface area contributed by atoms with E-state index in [0.717, 1.165) is 24.8 Å². The first-order valence-electron chi connectivity index (χ1n) is 12.8. The van der Waals surface area contributed by atoms with Crippen LogP contribution in [0, 0.1) is 6.92 Å². The molecular formula is C31H32O7. The van der Waals surface area contributed by atoms with Gasteiger partial charge in [0.15, 0.2) is 5.75 Å². The number of esters is 2. The minimum absolute atomic E-state index is 0.0201. The number of fused-ring (bicyclic) bond motifs is 1. The lowest BCUT2D eigenvalue weighted by Gasteiger charge is -2.39. The third-order valence-electron chi connectivity index (χ3n) is 6.65. The smallest absolute Gasteiger partial charge is 0.345 e. The Bertz CT molecular complexity index is 1370. The molecule has 0 spiro atoms. The van der Waals surface area contributed by atoms with Crippen molar-refractivity contribution in [2.24, 2.45) is 0 Å². The van der Waals surface area contributed by atoms with Crippen LogP contribution in [0.4, 0.5) is 0 Å². The van der Waals surface area contributed by atoms with Crippen molar-refractivity contribution in [2.75, 3.05) is 7.11 Å². The average molecular weight is 517 g/mol. The lowest BCUT2D eigenvalue weighted by Crippen LogP contribution is -2.44. The van der Waals surface area contributed by atoms with Crippen LogP contribution >= 0.6 is 0 Å². The summed E-state index contributed by atoms with van der Waals surface area (Å²) in [5.41, 5.74) is 3.56. The van der Waals surface area contributed by atoms with Crippen LogP contribution in [0.15, 0.2) is 54.6 Å². The van der Waals surface area contributed by atoms with Crippen molar-refractivity contribution >= 4 is 17.7 Å².